The maximum Gasteiger partial charge on any atom is 0.255 e. The molecule has 0 unspecified atom stereocenters. The number of aliphatic imine (C=N–C) groups is 2. The predicted molar refractivity (Wildman–Crippen MR) is 162 cm³/mol. The van der Waals surface area contributed by atoms with Crippen LogP contribution in [-0.4, -0.2) is 48.7 Å². The van der Waals surface area contributed by atoms with E-state index in [2.05, 4.69) is 45.1 Å². The van der Waals surface area contributed by atoms with Crippen LogP contribution in [0.5, 0.6) is 0 Å². The van der Waals surface area contributed by atoms with Crippen molar-refractivity contribution in [2.75, 3.05) is 23.7 Å². The van der Waals surface area contributed by atoms with Crippen molar-refractivity contribution in [2.45, 2.75) is 51.6 Å². The lowest BCUT2D eigenvalue weighted by Gasteiger charge is -2.09. The summed E-state index contributed by atoms with van der Waals surface area (Å²) in [4.78, 5) is 34.5. The molecule has 2 amide bonds. The summed E-state index contributed by atoms with van der Waals surface area (Å²) in [6, 6.07) is 23.2. The van der Waals surface area contributed by atoms with Gasteiger partial charge in [-0.1, -0.05) is 24.3 Å². The van der Waals surface area contributed by atoms with E-state index in [0.717, 1.165) is 61.8 Å². The van der Waals surface area contributed by atoms with Crippen molar-refractivity contribution < 1.29 is 9.59 Å². The number of carbonyl (C=O) groups excluding carboxylic acids is 2. The minimum atomic E-state index is -0.220. The Kier molecular flexibility index (Phi) is 8.54. The van der Waals surface area contributed by atoms with Crippen LogP contribution in [0.4, 0.5) is 11.4 Å². The fourth-order valence-corrected chi connectivity index (χ4v) is 4.76. The van der Waals surface area contributed by atoms with Crippen LogP contribution < -0.4 is 21.3 Å². The molecule has 4 N–H and O–H groups in total. The van der Waals surface area contributed by atoms with Gasteiger partial charge in [0.2, 0.25) is 0 Å². The number of hydrogen-bond donors (Lipinski definition) is 4. The molecule has 8 heteroatoms. The zero-order valence-corrected chi connectivity index (χ0v) is 23.0. The molecular weight excluding hydrogens is 500 g/mol. The second-order valence-corrected chi connectivity index (χ2v) is 10.5. The summed E-state index contributed by atoms with van der Waals surface area (Å²) in [6.07, 6.45) is 3.56. The SMILES string of the molecule is C[C@@H]1CN=C(CCc2ccc(NC(=O)c3ccc(C(=O)Nc4ccc(CCC5=NC[C@@H](C)N5)cc4)cc3)cc2)N1. The van der Waals surface area contributed by atoms with Gasteiger partial charge in [0.25, 0.3) is 11.8 Å². The molecule has 0 aromatic heterocycles. The van der Waals surface area contributed by atoms with Crippen molar-refractivity contribution in [1.82, 2.24) is 10.6 Å². The minimum absolute atomic E-state index is 0.220. The summed E-state index contributed by atoms with van der Waals surface area (Å²) >= 11 is 0. The lowest BCUT2D eigenvalue weighted by atomic mass is 10.1. The first kappa shape index (κ1) is 27.1. The highest BCUT2D eigenvalue weighted by molar-refractivity contribution is 6.07. The monoisotopic (exact) mass is 536 g/mol. The van der Waals surface area contributed by atoms with Crippen molar-refractivity contribution in [1.29, 1.82) is 0 Å². The third-order valence-electron chi connectivity index (χ3n) is 7.07. The van der Waals surface area contributed by atoms with E-state index in [1.165, 1.54) is 11.1 Å². The van der Waals surface area contributed by atoms with Gasteiger partial charge in [-0.3, -0.25) is 19.6 Å². The van der Waals surface area contributed by atoms with Crippen LogP contribution in [0.2, 0.25) is 0 Å². The largest absolute Gasteiger partial charge is 0.370 e. The van der Waals surface area contributed by atoms with Gasteiger partial charge >= 0.3 is 0 Å². The zero-order valence-electron chi connectivity index (χ0n) is 23.0. The Morgan fingerprint density at radius 3 is 1.32 bits per heavy atom. The summed E-state index contributed by atoms with van der Waals surface area (Å²) in [7, 11) is 0. The molecule has 0 bridgehead atoms. The van der Waals surface area contributed by atoms with Gasteiger partial charge in [0.05, 0.1) is 24.8 Å². The van der Waals surface area contributed by atoms with Crippen LogP contribution >= 0.6 is 0 Å². The van der Waals surface area contributed by atoms with Crippen LogP contribution in [0.3, 0.4) is 0 Å². The number of amides is 2. The van der Waals surface area contributed by atoms with Gasteiger partial charge in [-0.2, -0.15) is 0 Å². The molecule has 3 aromatic carbocycles. The molecule has 206 valence electrons. The molecule has 2 aliphatic heterocycles. The second kappa shape index (κ2) is 12.6. The van der Waals surface area contributed by atoms with Crippen LogP contribution in [-0.2, 0) is 12.8 Å². The summed E-state index contributed by atoms with van der Waals surface area (Å²) in [5.74, 6) is 1.69. The fourth-order valence-electron chi connectivity index (χ4n) is 4.76. The standard InChI is InChI=1S/C32H36N6O2/c1-21-19-33-29(35-21)17-7-23-3-13-27(14-4-23)37-31(39)25-9-11-26(12-10-25)32(40)38-28-15-5-24(6-16-28)8-18-30-34-20-22(2)36-30/h3-6,9-16,21-22H,7-8,17-20H2,1-2H3,(H,33,35)(H,34,36)(H,37,39)(H,38,40)/t21-,22-/m1/s1. The van der Waals surface area contributed by atoms with Crippen molar-refractivity contribution in [2.24, 2.45) is 9.98 Å². The molecule has 5 rings (SSSR count). The zero-order chi connectivity index (χ0) is 27.9. The first-order valence-corrected chi connectivity index (χ1v) is 13.9. The predicted octanol–water partition coefficient (Wildman–Crippen LogP) is 4.84. The van der Waals surface area contributed by atoms with E-state index in [0.29, 0.717) is 23.2 Å². The number of carbonyl (C=O) groups is 2. The Morgan fingerprint density at radius 1 is 0.625 bits per heavy atom. The first-order valence-electron chi connectivity index (χ1n) is 13.9. The third kappa shape index (κ3) is 7.34. The molecule has 2 heterocycles. The number of amidine groups is 2. The minimum Gasteiger partial charge on any atom is -0.370 e. The number of benzene rings is 3. The van der Waals surface area contributed by atoms with Crippen LogP contribution in [0.15, 0.2) is 82.8 Å². The number of nitrogens with one attached hydrogen (secondary N) is 4. The second-order valence-electron chi connectivity index (χ2n) is 10.5. The molecule has 2 aliphatic rings. The average molecular weight is 537 g/mol. The van der Waals surface area contributed by atoms with Gasteiger partial charge in [-0.25, -0.2) is 0 Å². The van der Waals surface area contributed by atoms with Crippen LogP contribution in [0, 0.1) is 0 Å². The van der Waals surface area contributed by atoms with E-state index >= 15 is 0 Å². The first-order chi connectivity index (χ1) is 19.4. The van der Waals surface area contributed by atoms with E-state index in [-0.39, 0.29) is 11.8 Å². The van der Waals surface area contributed by atoms with E-state index in [9.17, 15) is 9.59 Å². The molecule has 40 heavy (non-hydrogen) atoms. The van der Waals surface area contributed by atoms with Gasteiger partial charge in [-0.05, 0) is 86.3 Å². The van der Waals surface area contributed by atoms with Crippen molar-refractivity contribution in [3.63, 3.8) is 0 Å². The fraction of sp³-hybridized carbons (Fsp3) is 0.312. The van der Waals surface area contributed by atoms with Gasteiger partial charge in [0, 0.05) is 47.4 Å². The van der Waals surface area contributed by atoms with E-state index < -0.39 is 0 Å². The summed E-state index contributed by atoms with van der Waals surface area (Å²) < 4.78 is 0. The quantitative estimate of drug-likeness (QED) is 0.298. The molecule has 0 radical (unpaired) electrons. The van der Waals surface area contributed by atoms with Crippen LogP contribution in [0.1, 0.15) is 58.5 Å². The van der Waals surface area contributed by atoms with Gasteiger partial charge in [-0.15, -0.1) is 0 Å². The Labute approximate surface area is 235 Å². The molecule has 0 saturated heterocycles. The molecule has 8 nitrogen and oxygen atoms in total. The maximum atomic E-state index is 12.7. The number of aryl methyl sites for hydroxylation is 2. The Bertz CT molecular complexity index is 1290. The number of nitrogens with zero attached hydrogens (tertiary/aromatic N) is 2. The number of rotatable bonds is 10. The molecule has 0 fully saturated rings. The smallest absolute Gasteiger partial charge is 0.255 e. The van der Waals surface area contributed by atoms with Crippen molar-refractivity contribution >= 4 is 34.9 Å². The topological polar surface area (TPSA) is 107 Å². The van der Waals surface area contributed by atoms with Crippen molar-refractivity contribution in [3.8, 4) is 0 Å². The molecule has 0 spiro atoms. The Balaban J connectivity index is 1.08. The molecule has 0 aliphatic carbocycles. The molecular formula is C32H36N6O2. The van der Waals surface area contributed by atoms with E-state index in [1.54, 1.807) is 24.3 Å². The summed E-state index contributed by atoms with van der Waals surface area (Å²) in [5, 5.41) is 12.6. The lowest BCUT2D eigenvalue weighted by Crippen LogP contribution is -2.27. The van der Waals surface area contributed by atoms with Crippen molar-refractivity contribution in [3.05, 3.63) is 95.1 Å². The van der Waals surface area contributed by atoms with Gasteiger partial charge in [0.1, 0.15) is 0 Å². The average Bonchev–Trinajstić information content (AvgIpc) is 3.59. The van der Waals surface area contributed by atoms with E-state index in [1.807, 2.05) is 48.5 Å². The van der Waals surface area contributed by atoms with Gasteiger partial charge < -0.3 is 21.3 Å². The number of anilines is 2. The molecule has 2 atom stereocenters. The third-order valence-corrected chi connectivity index (χ3v) is 7.07. The Hall–Kier alpha value is -4.46. The lowest BCUT2D eigenvalue weighted by molar-refractivity contribution is 0.101. The normalized spacial score (nSPS) is 17.9. The highest BCUT2D eigenvalue weighted by Gasteiger charge is 2.14. The highest BCUT2D eigenvalue weighted by atomic mass is 16.2. The number of hydrogen-bond acceptors (Lipinski definition) is 6. The van der Waals surface area contributed by atoms with Gasteiger partial charge in [0.15, 0.2) is 0 Å². The Morgan fingerprint density at radius 2 is 1.00 bits per heavy atom. The summed E-state index contributed by atoms with van der Waals surface area (Å²) in [5.41, 5.74) is 4.81. The van der Waals surface area contributed by atoms with Crippen LogP contribution in [0.25, 0.3) is 0 Å². The summed E-state index contributed by atoms with van der Waals surface area (Å²) in [6.45, 7) is 5.94. The molecule has 0 saturated carbocycles. The molecule has 3 aromatic rings. The maximum absolute atomic E-state index is 12.7. The van der Waals surface area contributed by atoms with E-state index in [4.69, 9.17) is 0 Å². The highest BCUT2D eigenvalue weighted by Crippen LogP contribution is 2.16.